The summed E-state index contributed by atoms with van der Waals surface area (Å²) in [5.41, 5.74) is 0. The third kappa shape index (κ3) is 2.78. The molecule has 0 amide bonds. The largest absolute Gasteiger partial charge is 0.316 e. The van der Waals surface area contributed by atoms with Gasteiger partial charge in [0.1, 0.15) is 0 Å². The van der Waals surface area contributed by atoms with E-state index in [9.17, 15) is 0 Å². The Kier molecular flexibility index (Phi) is 3.72. The molecule has 78 valence electrons. The zero-order valence-corrected chi connectivity index (χ0v) is 10.2. The minimum atomic E-state index is 0.923. The molecule has 0 aromatic carbocycles. The van der Waals surface area contributed by atoms with E-state index in [4.69, 9.17) is 0 Å². The Morgan fingerprint density at radius 1 is 1.27 bits per heavy atom. The summed E-state index contributed by atoms with van der Waals surface area (Å²) in [4.78, 5) is 4.02. The van der Waals surface area contributed by atoms with Gasteiger partial charge in [0.2, 0.25) is 0 Å². The fourth-order valence-corrected chi connectivity index (χ4v) is 3.06. The highest BCUT2D eigenvalue weighted by Gasteiger charge is 2.00. The standard InChI is InChI=1S/C12H13NS2/c1-13-8-2-4-10-6-7-12(15-10)11-5-3-9-14-11/h2-7,9,13H,8H2,1H3. The average molecular weight is 235 g/mol. The molecule has 3 heteroatoms. The molecule has 0 bridgehead atoms. The van der Waals surface area contributed by atoms with Gasteiger partial charge < -0.3 is 5.32 Å². The summed E-state index contributed by atoms with van der Waals surface area (Å²) >= 11 is 3.63. The Hall–Kier alpha value is -0.900. The van der Waals surface area contributed by atoms with E-state index < -0.39 is 0 Å². The summed E-state index contributed by atoms with van der Waals surface area (Å²) in [6.45, 7) is 0.923. The molecule has 0 radical (unpaired) electrons. The molecular formula is C12H13NS2. The van der Waals surface area contributed by atoms with Crippen LogP contribution in [0.4, 0.5) is 0 Å². The van der Waals surface area contributed by atoms with Crippen LogP contribution in [0, 0.1) is 0 Å². The Balaban J connectivity index is 2.11. The topological polar surface area (TPSA) is 12.0 Å². The molecule has 0 aliphatic carbocycles. The molecule has 0 saturated heterocycles. The zero-order valence-electron chi connectivity index (χ0n) is 8.57. The molecule has 0 aliphatic rings. The first kappa shape index (κ1) is 10.6. The van der Waals surface area contributed by atoms with Gasteiger partial charge in [-0.1, -0.05) is 12.1 Å². The van der Waals surface area contributed by atoms with Gasteiger partial charge in [-0.15, -0.1) is 22.7 Å². The predicted molar refractivity (Wildman–Crippen MR) is 70.6 cm³/mol. The van der Waals surface area contributed by atoms with Crippen molar-refractivity contribution in [2.45, 2.75) is 0 Å². The van der Waals surface area contributed by atoms with Crippen molar-refractivity contribution in [3.63, 3.8) is 0 Å². The lowest BCUT2D eigenvalue weighted by Crippen LogP contribution is -2.03. The maximum atomic E-state index is 3.09. The van der Waals surface area contributed by atoms with Crippen LogP contribution < -0.4 is 5.32 Å². The van der Waals surface area contributed by atoms with Crippen molar-refractivity contribution >= 4 is 28.7 Å². The molecule has 0 fully saturated rings. The summed E-state index contributed by atoms with van der Waals surface area (Å²) in [5, 5.41) is 5.21. The van der Waals surface area contributed by atoms with Crippen LogP contribution in [0.1, 0.15) is 4.88 Å². The van der Waals surface area contributed by atoms with Crippen LogP contribution in [-0.4, -0.2) is 13.6 Å². The highest BCUT2D eigenvalue weighted by atomic mass is 32.1. The number of nitrogens with one attached hydrogen (secondary N) is 1. The van der Waals surface area contributed by atoms with Crippen LogP contribution in [0.2, 0.25) is 0 Å². The van der Waals surface area contributed by atoms with Gasteiger partial charge >= 0.3 is 0 Å². The Bertz CT molecular complexity index is 426. The van der Waals surface area contributed by atoms with Gasteiger partial charge in [0.15, 0.2) is 0 Å². The van der Waals surface area contributed by atoms with Crippen molar-refractivity contribution in [1.29, 1.82) is 0 Å². The maximum Gasteiger partial charge on any atom is 0.0448 e. The molecule has 0 spiro atoms. The van der Waals surface area contributed by atoms with Crippen molar-refractivity contribution in [2.75, 3.05) is 13.6 Å². The van der Waals surface area contributed by atoms with Crippen molar-refractivity contribution < 1.29 is 0 Å². The van der Waals surface area contributed by atoms with E-state index in [2.05, 4.69) is 47.1 Å². The van der Waals surface area contributed by atoms with Gasteiger partial charge in [0.25, 0.3) is 0 Å². The number of hydrogen-bond donors (Lipinski definition) is 1. The molecule has 2 rings (SSSR count). The predicted octanol–water partition coefficient (Wildman–Crippen LogP) is 3.71. The van der Waals surface area contributed by atoms with Crippen LogP contribution in [-0.2, 0) is 0 Å². The van der Waals surface area contributed by atoms with Gasteiger partial charge in [-0.3, -0.25) is 0 Å². The molecule has 0 aliphatic heterocycles. The van der Waals surface area contributed by atoms with Gasteiger partial charge in [-0.2, -0.15) is 0 Å². The Morgan fingerprint density at radius 3 is 2.93 bits per heavy atom. The molecule has 15 heavy (non-hydrogen) atoms. The van der Waals surface area contributed by atoms with Crippen molar-refractivity contribution in [2.24, 2.45) is 0 Å². The summed E-state index contributed by atoms with van der Waals surface area (Å²) in [6.07, 6.45) is 4.31. The lowest BCUT2D eigenvalue weighted by Gasteiger charge is -1.88. The Morgan fingerprint density at radius 2 is 2.20 bits per heavy atom. The zero-order chi connectivity index (χ0) is 10.5. The highest BCUT2D eigenvalue weighted by Crippen LogP contribution is 2.31. The summed E-state index contributed by atoms with van der Waals surface area (Å²) in [5.74, 6) is 0. The molecule has 1 nitrogen and oxygen atoms in total. The minimum Gasteiger partial charge on any atom is -0.316 e. The fraction of sp³-hybridized carbons (Fsp3) is 0.167. The lowest BCUT2D eigenvalue weighted by atomic mass is 10.3. The number of likely N-dealkylation sites (N-methyl/N-ethyl adjacent to an activating group) is 1. The van der Waals surface area contributed by atoms with Crippen LogP contribution in [0.25, 0.3) is 15.8 Å². The van der Waals surface area contributed by atoms with Crippen molar-refractivity contribution in [3.05, 3.63) is 40.6 Å². The van der Waals surface area contributed by atoms with Gasteiger partial charge in [0.05, 0.1) is 0 Å². The summed E-state index contributed by atoms with van der Waals surface area (Å²) in [7, 11) is 1.95. The summed E-state index contributed by atoms with van der Waals surface area (Å²) < 4.78 is 0. The molecule has 2 heterocycles. The normalized spacial score (nSPS) is 11.3. The number of hydrogen-bond acceptors (Lipinski definition) is 3. The van der Waals surface area contributed by atoms with Crippen molar-refractivity contribution in [1.82, 2.24) is 5.32 Å². The van der Waals surface area contributed by atoms with E-state index in [1.807, 2.05) is 18.4 Å². The SMILES string of the molecule is CNCC=Cc1ccc(-c2cccs2)s1. The van der Waals surface area contributed by atoms with E-state index in [1.54, 1.807) is 11.3 Å². The van der Waals surface area contributed by atoms with Gasteiger partial charge in [0, 0.05) is 21.2 Å². The van der Waals surface area contributed by atoms with E-state index in [0.717, 1.165) is 6.54 Å². The second kappa shape index (κ2) is 5.26. The quantitative estimate of drug-likeness (QED) is 0.852. The first-order chi connectivity index (χ1) is 7.40. The van der Waals surface area contributed by atoms with Crippen LogP contribution in [0.3, 0.4) is 0 Å². The lowest BCUT2D eigenvalue weighted by molar-refractivity contribution is 0.922. The third-order valence-corrected chi connectivity index (χ3v) is 4.11. The fourth-order valence-electron chi connectivity index (χ4n) is 1.29. The van der Waals surface area contributed by atoms with Crippen LogP contribution in [0.5, 0.6) is 0 Å². The van der Waals surface area contributed by atoms with Crippen LogP contribution in [0.15, 0.2) is 35.7 Å². The van der Waals surface area contributed by atoms with Crippen molar-refractivity contribution in [3.8, 4) is 9.75 Å². The number of rotatable bonds is 4. The third-order valence-electron chi connectivity index (χ3n) is 1.99. The molecule has 0 saturated carbocycles. The molecule has 1 N–H and O–H groups in total. The first-order valence-electron chi connectivity index (χ1n) is 4.85. The second-order valence-electron chi connectivity index (χ2n) is 3.14. The highest BCUT2D eigenvalue weighted by molar-refractivity contribution is 7.21. The monoisotopic (exact) mass is 235 g/mol. The second-order valence-corrected chi connectivity index (χ2v) is 5.20. The van der Waals surface area contributed by atoms with Gasteiger partial charge in [-0.05, 0) is 36.7 Å². The summed E-state index contributed by atoms with van der Waals surface area (Å²) in [6, 6.07) is 8.62. The molecule has 0 unspecified atom stereocenters. The smallest absolute Gasteiger partial charge is 0.0448 e. The van der Waals surface area contributed by atoms with Crippen LogP contribution >= 0.6 is 22.7 Å². The van der Waals surface area contributed by atoms with Gasteiger partial charge in [-0.25, -0.2) is 0 Å². The van der Waals surface area contributed by atoms with E-state index in [-0.39, 0.29) is 0 Å². The number of thiophene rings is 2. The average Bonchev–Trinajstić information content (AvgIpc) is 2.87. The van der Waals surface area contributed by atoms with E-state index in [1.165, 1.54) is 14.6 Å². The van der Waals surface area contributed by atoms with E-state index in [0.29, 0.717) is 0 Å². The molecule has 2 aromatic rings. The molecule has 2 aromatic heterocycles. The first-order valence-corrected chi connectivity index (χ1v) is 6.54. The molecular weight excluding hydrogens is 222 g/mol. The maximum absolute atomic E-state index is 3.09. The van der Waals surface area contributed by atoms with E-state index >= 15 is 0 Å². The molecule has 0 atom stereocenters. The Labute approximate surface area is 98.1 Å². The minimum absolute atomic E-state index is 0.923.